The summed E-state index contributed by atoms with van der Waals surface area (Å²) in [6.45, 7) is 1.92. The third-order valence-corrected chi connectivity index (χ3v) is 2.23. The molecule has 0 saturated carbocycles. The molecular weight excluding hydrogens is 238 g/mol. The first-order valence-corrected chi connectivity index (χ1v) is 5.10. The number of nitro groups is 1. The molecule has 1 amide bonds. The van der Waals surface area contributed by atoms with Crippen LogP contribution in [0, 0.1) is 17.0 Å². The van der Waals surface area contributed by atoms with E-state index in [-0.39, 0.29) is 24.3 Å². The molecule has 8 heteroatoms. The Labute approximate surface area is 102 Å². The number of aryl methyl sites for hydroxylation is 1. The van der Waals surface area contributed by atoms with Crippen LogP contribution in [-0.2, 0) is 0 Å². The van der Waals surface area contributed by atoms with Crippen molar-refractivity contribution in [1.82, 2.24) is 5.32 Å². The summed E-state index contributed by atoms with van der Waals surface area (Å²) in [5, 5.41) is 16.5. The van der Waals surface area contributed by atoms with Crippen molar-refractivity contribution >= 4 is 11.6 Å². The smallest absolute Gasteiger partial charge is 0.273 e. The minimum atomic E-state index is -0.536. The average molecular weight is 249 g/mol. The summed E-state index contributed by atoms with van der Waals surface area (Å²) in [6, 6.07) is 4.24. The van der Waals surface area contributed by atoms with Crippen molar-refractivity contribution in [3.63, 3.8) is 0 Å². The molecule has 0 unspecified atom stereocenters. The van der Waals surface area contributed by atoms with Crippen LogP contribution in [0.3, 0.4) is 0 Å². The molecule has 0 atom stereocenters. The number of amides is 1. The zero-order valence-electron chi connectivity index (χ0n) is 9.66. The highest BCUT2D eigenvalue weighted by atomic mass is 16.6. The summed E-state index contributed by atoms with van der Waals surface area (Å²) in [5.41, 5.74) is 8.64. The third-order valence-electron chi connectivity index (χ3n) is 2.23. The maximum Gasteiger partial charge on any atom is 0.273 e. The first-order valence-electron chi connectivity index (χ1n) is 5.10. The molecule has 1 N–H and O–H groups in total. The van der Waals surface area contributed by atoms with E-state index in [9.17, 15) is 14.9 Å². The fourth-order valence-corrected chi connectivity index (χ4v) is 1.31. The van der Waals surface area contributed by atoms with E-state index in [4.69, 9.17) is 5.53 Å². The standard InChI is InChI=1S/C10H11N5O3/c1-7-2-3-8(6-9(7)15(17)18)10(16)12-4-5-13-14-11/h2-3,6H,4-5H2,1H3,(H,12,16). The van der Waals surface area contributed by atoms with Crippen molar-refractivity contribution in [3.8, 4) is 0 Å². The maximum absolute atomic E-state index is 11.6. The number of carbonyl (C=O) groups is 1. The molecule has 0 saturated heterocycles. The lowest BCUT2D eigenvalue weighted by atomic mass is 10.1. The first-order chi connectivity index (χ1) is 8.56. The number of nitrogens with one attached hydrogen (secondary N) is 1. The summed E-state index contributed by atoms with van der Waals surface area (Å²) in [4.78, 5) is 24.3. The van der Waals surface area contributed by atoms with Gasteiger partial charge in [-0.1, -0.05) is 11.2 Å². The van der Waals surface area contributed by atoms with Crippen LogP contribution in [0.4, 0.5) is 5.69 Å². The average Bonchev–Trinajstić information content (AvgIpc) is 2.34. The minimum Gasteiger partial charge on any atom is -0.352 e. The molecule has 0 fully saturated rings. The largest absolute Gasteiger partial charge is 0.352 e. The minimum absolute atomic E-state index is 0.0994. The second-order valence-corrected chi connectivity index (χ2v) is 3.47. The van der Waals surface area contributed by atoms with Crippen molar-refractivity contribution < 1.29 is 9.72 Å². The molecule has 1 aromatic carbocycles. The number of carbonyl (C=O) groups excluding carboxylic acids is 1. The molecule has 0 aromatic heterocycles. The highest BCUT2D eigenvalue weighted by Gasteiger charge is 2.14. The number of azide groups is 1. The van der Waals surface area contributed by atoms with Gasteiger partial charge in [-0.3, -0.25) is 14.9 Å². The van der Waals surface area contributed by atoms with Crippen molar-refractivity contribution in [1.29, 1.82) is 0 Å². The monoisotopic (exact) mass is 249 g/mol. The lowest BCUT2D eigenvalue weighted by Gasteiger charge is -2.04. The van der Waals surface area contributed by atoms with Gasteiger partial charge in [0.05, 0.1) is 4.92 Å². The van der Waals surface area contributed by atoms with E-state index < -0.39 is 10.8 Å². The predicted molar refractivity (Wildman–Crippen MR) is 64.2 cm³/mol. The van der Waals surface area contributed by atoms with Crippen LogP contribution in [0.15, 0.2) is 23.3 Å². The van der Waals surface area contributed by atoms with E-state index in [1.807, 2.05) is 0 Å². The Morgan fingerprint density at radius 2 is 2.33 bits per heavy atom. The number of rotatable bonds is 5. The number of nitro benzene ring substituents is 1. The van der Waals surface area contributed by atoms with E-state index >= 15 is 0 Å². The Bertz CT molecular complexity index is 522. The topological polar surface area (TPSA) is 121 Å². The van der Waals surface area contributed by atoms with Crippen LogP contribution in [-0.4, -0.2) is 23.9 Å². The molecule has 1 rings (SSSR count). The van der Waals surface area contributed by atoms with Crippen LogP contribution in [0.1, 0.15) is 15.9 Å². The number of hydrogen-bond donors (Lipinski definition) is 1. The van der Waals surface area contributed by atoms with Gasteiger partial charge in [0.2, 0.25) is 0 Å². The molecule has 0 heterocycles. The van der Waals surface area contributed by atoms with Gasteiger partial charge in [0, 0.05) is 35.2 Å². The van der Waals surface area contributed by atoms with Crippen LogP contribution in [0.25, 0.3) is 10.4 Å². The highest BCUT2D eigenvalue weighted by Crippen LogP contribution is 2.18. The molecule has 1 aromatic rings. The Hall–Kier alpha value is -2.60. The van der Waals surface area contributed by atoms with Crippen LogP contribution < -0.4 is 5.32 Å². The van der Waals surface area contributed by atoms with Crippen LogP contribution in [0.2, 0.25) is 0 Å². The molecule has 94 valence electrons. The third kappa shape index (κ3) is 3.46. The lowest BCUT2D eigenvalue weighted by Crippen LogP contribution is -2.25. The van der Waals surface area contributed by atoms with Gasteiger partial charge in [-0.15, -0.1) is 0 Å². The zero-order valence-corrected chi connectivity index (χ0v) is 9.66. The van der Waals surface area contributed by atoms with E-state index in [1.165, 1.54) is 18.2 Å². The van der Waals surface area contributed by atoms with Crippen LogP contribution >= 0.6 is 0 Å². The van der Waals surface area contributed by atoms with Gasteiger partial charge in [0.25, 0.3) is 11.6 Å². The maximum atomic E-state index is 11.6. The molecule has 8 nitrogen and oxygen atoms in total. The van der Waals surface area contributed by atoms with E-state index in [0.29, 0.717) is 5.56 Å². The number of benzene rings is 1. The van der Waals surface area contributed by atoms with Gasteiger partial charge >= 0.3 is 0 Å². The molecule has 18 heavy (non-hydrogen) atoms. The Morgan fingerprint density at radius 3 is 2.94 bits per heavy atom. The Morgan fingerprint density at radius 1 is 1.61 bits per heavy atom. The van der Waals surface area contributed by atoms with Crippen molar-refractivity contribution in [2.24, 2.45) is 5.11 Å². The quantitative estimate of drug-likeness (QED) is 0.214. The summed E-state index contributed by atoms with van der Waals surface area (Å²) in [5.74, 6) is -0.439. The molecule has 0 radical (unpaired) electrons. The second kappa shape index (κ2) is 6.21. The number of hydrogen-bond acceptors (Lipinski definition) is 4. The summed E-state index contributed by atoms with van der Waals surface area (Å²) < 4.78 is 0. The molecular formula is C10H11N5O3. The molecule has 0 aliphatic rings. The van der Waals surface area contributed by atoms with E-state index in [1.54, 1.807) is 6.92 Å². The van der Waals surface area contributed by atoms with Crippen molar-refractivity contribution in [3.05, 3.63) is 49.9 Å². The number of nitrogens with zero attached hydrogens (tertiary/aromatic N) is 4. The fraction of sp³-hybridized carbons (Fsp3) is 0.300. The van der Waals surface area contributed by atoms with Gasteiger partial charge < -0.3 is 5.32 Å². The van der Waals surface area contributed by atoms with Gasteiger partial charge in [0.1, 0.15) is 0 Å². The van der Waals surface area contributed by atoms with Gasteiger partial charge in [0.15, 0.2) is 0 Å². The van der Waals surface area contributed by atoms with Gasteiger partial charge in [-0.2, -0.15) is 0 Å². The summed E-state index contributed by atoms with van der Waals surface area (Å²) in [7, 11) is 0. The SMILES string of the molecule is Cc1ccc(C(=O)NCCN=[N+]=[N-])cc1[N+](=O)[O-]. The second-order valence-electron chi connectivity index (χ2n) is 3.47. The zero-order chi connectivity index (χ0) is 13.5. The predicted octanol–water partition coefficient (Wildman–Crippen LogP) is 1.94. The van der Waals surface area contributed by atoms with Crippen molar-refractivity contribution in [2.75, 3.05) is 13.1 Å². The van der Waals surface area contributed by atoms with Crippen LogP contribution in [0.5, 0.6) is 0 Å². The molecule has 0 aliphatic heterocycles. The molecule has 0 spiro atoms. The van der Waals surface area contributed by atoms with E-state index in [2.05, 4.69) is 15.3 Å². The summed E-state index contributed by atoms with van der Waals surface area (Å²) in [6.07, 6.45) is 0. The Kier molecular flexibility index (Phi) is 4.65. The van der Waals surface area contributed by atoms with Gasteiger partial charge in [-0.05, 0) is 18.5 Å². The lowest BCUT2D eigenvalue weighted by molar-refractivity contribution is -0.385. The fourth-order valence-electron chi connectivity index (χ4n) is 1.31. The highest BCUT2D eigenvalue weighted by molar-refractivity contribution is 5.94. The van der Waals surface area contributed by atoms with E-state index in [0.717, 1.165) is 0 Å². The summed E-state index contributed by atoms with van der Waals surface area (Å²) >= 11 is 0. The van der Waals surface area contributed by atoms with Crippen molar-refractivity contribution in [2.45, 2.75) is 6.92 Å². The molecule has 0 bridgehead atoms. The first kappa shape index (κ1) is 13.5. The molecule has 0 aliphatic carbocycles. The Balaban J connectivity index is 2.77. The normalized spacial score (nSPS) is 9.39. The van der Waals surface area contributed by atoms with Gasteiger partial charge in [-0.25, -0.2) is 0 Å².